The van der Waals surface area contributed by atoms with Gasteiger partial charge in [0, 0.05) is 21.5 Å². The molecule has 1 unspecified atom stereocenters. The lowest BCUT2D eigenvalue weighted by molar-refractivity contribution is 0.525. The minimum Gasteiger partial charge on any atom is -0.302 e. The number of nitrogens with zero attached hydrogens (tertiary/aromatic N) is 1. The van der Waals surface area contributed by atoms with Gasteiger partial charge in [-0.3, -0.25) is 0 Å². The van der Waals surface area contributed by atoms with Crippen molar-refractivity contribution in [3.05, 3.63) is 49.9 Å². The van der Waals surface area contributed by atoms with Gasteiger partial charge >= 0.3 is 0 Å². The molecule has 2 nitrogen and oxygen atoms in total. The van der Waals surface area contributed by atoms with Crippen LogP contribution in [0.1, 0.15) is 55.9 Å². The van der Waals surface area contributed by atoms with Crippen molar-refractivity contribution in [3.63, 3.8) is 0 Å². The van der Waals surface area contributed by atoms with Gasteiger partial charge in [-0.15, -0.1) is 11.3 Å². The molecule has 0 fully saturated rings. The molecule has 0 aliphatic carbocycles. The normalized spacial score (nSPS) is 13.1. The summed E-state index contributed by atoms with van der Waals surface area (Å²) in [7, 11) is 0. The van der Waals surface area contributed by atoms with E-state index in [4.69, 9.17) is 28.2 Å². The van der Waals surface area contributed by atoms with Gasteiger partial charge in [-0.05, 0) is 43.5 Å². The molecule has 1 atom stereocenters. The summed E-state index contributed by atoms with van der Waals surface area (Å²) in [5.41, 5.74) is 2.17. The predicted molar refractivity (Wildman–Crippen MR) is 92.8 cm³/mol. The van der Waals surface area contributed by atoms with Crippen LogP contribution >= 0.6 is 34.5 Å². The maximum absolute atomic E-state index is 6.14. The molecule has 0 radical (unpaired) electrons. The van der Waals surface area contributed by atoms with Crippen molar-refractivity contribution in [2.24, 2.45) is 0 Å². The van der Waals surface area contributed by atoms with Crippen LogP contribution in [0.15, 0.2) is 23.6 Å². The average Bonchev–Trinajstić information content (AvgIpc) is 2.83. The second-order valence-corrected chi connectivity index (χ2v) is 7.49. The summed E-state index contributed by atoms with van der Waals surface area (Å²) in [5.74, 6) is 0.428. The van der Waals surface area contributed by atoms with Gasteiger partial charge in [-0.1, -0.05) is 37.0 Å². The summed E-state index contributed by atoms with van der Waals surface area (Å²) in [6.07, 6.45) is 0. The lowest BCUT2D eigenvalue weighted by Crippen LogP contribution is -2.29. The smallest absolute Gasteiger partial charge is 0.114 e. The Morgan fingerprint density at radius 2 is 1.67 bits per heavy atom. The van der Waals surface area contributed by atoms with Crippen molar-refractivity contribution in [2.75, 3.05) is 0 Å². The van der Waals surface area contributed by atoms with Gasteiger partial charge in [0.15, 0.2) is 0 Å². The van der Waals surface area contributed by atoms with Gasteiger partial charge in [0.05, 0.1) is 11.7 Å². The van der Waals surface area contributed by atoms with Crippen molar-refractivity contribution in [2.45, 2.75) is 45.7 Å². The fourth-order valence-corrected chi connectivity index (χ4v) is 3.69. The number of benzene rings is 1. The van der Waals surface area contributed by atoms with Crippen LogP contribution in [0.4, 0.5) is 0 Å². The third-order valence-corrected chi connectivity index (χ3v) is 4.46. The minimum absolute atomic E-state index is 0.0127. The second-order valence-electron chi connectivity index (χ2n) is 5.72. The lowest BCUT2D eigenvalue weighted by atomic mass is 10.1. The van der Waals surface area contributed by atoms with Crippen molar-refractivity contribution in [3.8, 4) is 0 Å². The Labute approximate surface area is 140 Å². The third-order valence-electron chi connectivity index (χ3n) is 3.10. The number of rotatable bonds is 5. The van der Waals surface area contributed by atoms with Crippen LogP contribution in [0.5, 0.6) is 0 Å². The first-order valence-electron chi connectivity index (χ1n) is 7.04. The fourth-order valence-electron chi connectivity index (χ4n) is 2.08. The Bertz CT molecular complexity index is 588. The Hall–Kier alpha value is -0.610. The molecule has 21 heavy (non-hydrogen) atoms. The number of hydrogen-bond acceptors (Lipinski definition) is 3. The van der Waals surface area contributed by atoms with Gasteiger partial charge in [0.25, 0.3) is 0 Å². The second kappa shape index (κ2) is 7.10. The zero-order valence-electron chi connectivity index (χ0n) is 12.7. The highest BCUT2D eigenvalue weighted by molar-refractivity contribution is 7.09. The molecule has 1 N–H and O–H groups in total. The highest BCUT2D eigenvalue weighted by Gasteiger charge is 2.20. The van der Waals surface area contributed by atoms with E-state index in [1.807, 2.05) is 12.1 Å². The number of halogens is 2. The van der Waals surface area contributed by atoms with E-state index in [0.29, 0.717) is 22.0 Å². The van der Waals surface area contributed by atoms with E-state index in [0.717, 1.165) is 16.3 Å². The van der Waals surface area contributed by atoms with Gasteiger partial charge < -0.3 is 5.32 Å². The quantitative estimate of drug-likeness (QED) is 0.758. The largest absolute Gasteiger partial charge is 0.302 e. The van der Waals surface area contributed by atoms with E-state index in [-0.39, 0.29) is 6.04 Å². The van der Waals surface area contributed by atoms with Crippen LogP contribution in [0.3, 0.4) is 0 Å². The molecule has 0 spiro atoms. The Kier molecular flexibility index (Phi) is 5.67. The molecule has 0 aliphatic heterocycles. The number of aromatic nitrogens is 1. The maximum atomic E-state index is 6.14. The summed E-state index contributed by atoms with van der Waals surface area (Å²) in [6.45, 7) is 8.55. The maximum Gasteiger partial charge on any atom is 0.114 e. The highest BCUT2D eigenvalue weighted by atomic mass is 35.5. The van der Waals surface area contributed by atoms with Gasteiger partial charge in [0.1, 0.15) is 5.01 Å². The van der Waals surface area contributed by atoms with Crippen LogP contribution in [-0.4, -0.2) is 11.0 Å². The van der Waals surface area contributed by atoms with Crippen molar-refractivity contribution >= 4 is 34.5 Å². The molecule has 0 aliphatic rings. The first-order valence-corrected chi connectivity index (χ1v) is 8.67. The monoisotopic (exact) mass is 342 g/mol. The zero-order valence-corrected chi connectivity index (χ0v) is 15.0. The molecule has 0 saturated heterocycles. The Morgan fingerprint density at radius 3 is 2.14 bits per heavy atom. The van der Waals surface area contributed by atoms with E-state index in [9.17, 15) is 0 Å². The van der Waals surface area contributed by atoms with Crippen molar-refractivity contribution in [1.29, 1.82) is 0 Å². The standard InChI is InChI=1S/C16H20Cl2N2S/c1-9(2)14-8-21-16(20-14)15(19-10(3)4)11-5-12(17)7-13(18)6-11/h5-10,15,19H,1-4H3. The Balaban J connectivity index is 2.41. The molecular formula is C16H20Cl2N2S. The van der Waals surface area contributed by atoms with Crippen LogP contribution in [-0.2, 0) is 0 Å². The molecule has 1 heterocycles. The fraction of sp³-hybridized carbons (Fsp3) is 0.438. The molecular weight excluding hydrogens is 323 g/mol. The molecule has 2 aromatic rings. The average molecular weight is 343 g/mol. The van der Waals surface area contributed by atoms with Gasteiger partial charge in [-0.25, -0.2) is 4.98 Å². The minimum atomic E-state index is 0.0127. The van der Waals surface area contributed by atoms with Gasteiger partial charge in [-0.2, -0.15) is 0 Å². The molecule has 0 amide bonds. The van der Waals surface area contributed by atoms with Crippen molar-refractivity contribution in [1.82, 2.24) is 10.3 Å². The van der Waals surface area contributed by atoms with Gasteiger partial charge in [0.2, 0.25) is 0 Å². The van der Waals surface area contributed by atoms with E-state index in [1.165, 1.54) is 0 Å². The topological polar surface area (TPSA) is 24.9 Å². The number of thiazole rings is 1. The molecule has 2 rings (SSSR count). The summed E-state index contributed by atoms with van der Waals surface area (Å²) < 4.78 is 0. The molecule has 0 bridgehead atoms. The Morgan fingerprint density at radius 1 is 1.05 bits per heavy atom. The molecule has 1 aromatic carbocycles. The molecule has 0 saturated carbocycles. The van der Waals surface area contributed by atoms with E-state index < -0.39 is 0 Å². The van der Waals surface area contributed by atoms with E-state index in [1.54, 1.807) is 17.4 Å². The highest BCUT2D eigenvalue weighted by Crippen LogP contribution is 2.31. The number of hydrogen-bond donors (Lipinski definition) is 1. The molecule has 114 valence electrons. The molecule has 1 aromatic heterocycles. The summed E-state index contributed by atoms with van der Waals surface area (Å²) in [6, 6.07) is 5.99. The summed E-state index contributed by atoms with van der Waals surface area (Å²) >= 11 is 14.0. The summed E-state index contributed by atoms with van der Waals surface area (Å²) in [4.78, 5) is 4.77. The molecule has 5 heteroatoms. The van der Waals surface area contributed by atoms with Crippen LogP contribution in [0.25, 0.3) is 0 Å². The van der Waals surface area contributed by atoms with E-state index >= 15 is 0 Å². The first-order chi connectivity index (χ1) is 9.86. The van der Waals surface area contributed by atoms with Crippen LogP contribution in [0.2, 0.25) is 10.0 Å². The van der Waals surface area contributed by atoms with Crippen LogP contribution < -0.4 is 5.32 Å². The predicted octanol–water partition coefficient (Wildman–Crippen LogP) is 5.66. The van der Waals surface area contributed by atoms with E-state index in [2.05, 4.69) is 38.4 Å². The zero-order chi connectivity index (χ0) is 15.6. The van der Waals surface area contributed by atoms with Crippen molar-refractivity contribution < 1.29 is 0 Å². The van der Waals surface area contributed by atoms with Crippen LogP contribution in [0, 0.1) is 0 Å². The number of nitrogens with one attached hydrogen (secondary N) is 1. The SMILES string of the molecule is CC(C)NC(c1cc(Cl)cc(Cl)c1)c1nc(C(C)C)cs1. The summed E-state index contributed by atoms with van der Waals surface area (Å²) in [5, 5.41) is 8.02. The lowest BCUT2D eigenvalue weighted by Gasteiger charge is -2.20. The third kappa shape index (κ3) is 4.43. The first kappa shape index (κ1) is 16.8.